The smallest absolute Gasteiger partial charge is 0.445 e. The Hall–Kier alpha value is -3.50. The third-order valence-corrected chi connectivity index (χ3v) is 3.47. The average Bonchev–Trinajstić information content (AvgIpc) is 3.16. The van der Waals surface area contributed by atoms with E-state index < -0.39 is 18.2 Å². The van der Waals surface area contributed by atoms with E-state index in [0.29, 0.717) is 5.69 Å². The number of amides is 1. The molecular formula is C17H14F3N5O3. The second-order valence-corrected chi connectivity index (χ2v) is 5.76. The lowest BCUT2D eigenvalue weighted by molar-refractivity contribution is -0.159. The predicted molar refractivity (Wildman–Crippen MR) is 88.5 cm³/mol. The van der Waals surface area contributed by atoms with Gasteiger partial charge in [-0.25, -0.2) is 4.79 Å². The molecule has 0 radical (unpaired) electrons. The molecule has 8 nitrogen and oxygen atoms in total. The Morgan fingerprint density at radius 2 is 2.07 bits per heavy atom. The number of alkyl halides is 3. The second kappa shape index (κ2) is 8.03. The maximum absolute atomic E-state index is 12.5. The van der Waals surface area contributed by atoms with Crippen LogP contribution in [-0.4, -0.2) is 26.2 Å². The first-order valence-electron chi connectivity index (χ1n) is 7.98. The lowest BCUT2D eigenvalue weighted by Crippen LogP contribution is -2.24. The zero-order valence-corrected chi connectivity index (χ0v) is 14.5. The third kappa shape index (κ3) is 5.02. The summed E-state index contributed by atoms with van der Waals surface area (Å²) < 4.78 is 46.7. The number of nitrogens with one attached hydrogen (secondary N) is 1. The Morgan fingerprint density at radius 3 is 2.71 bits per heavy atom. The molecule has 0 unspecified atom stereocenters. The zero-order valence-electron chi connectivity index (χ0n) is 14.5. The van der Waals surface area contributed by atoms with Crippen molar-refractivity contribution in [2.45, 2.75) is 26.3 Å². The van der Waals surface area contributed by atoms with E-state index in [1.807, 2.05) is 13.0 Å². The van der Waals surface area contributed by atoms with Crippen molar-refractivity contribution in [1.29, 1.82) is 0 Å². The van der Waals surface area contributed by atoms with Gasteiger partial charge in [0.25, 0.3) is 0 Å². The van der Waals surface area contributed by atoms with Gasteiger partial charge >= 0.3 is 18.2 Å². The molecule has 11 heteroatoms. The van der Waals surface area contributed by atoms with Gasteiger partial charge in [-0.15, -0.1) is 0 Å². The van der Waals surface area contributed by atoms with Gasteiger partial charge in [-0.2, -0.15) is 18.2 Å². The Bertz CT molecular complexity index is 957. The van der Waals surface area contributed by atoms with Gasteiger partial charge in [0, 0.05) is 29.7 Å². The molecule has 28 heavy (non-hydrogen) atoms. The van der Waals surface area contributed by atoms with Crippen LogP contribution in [0, 0.1) is 6.92 Å². The van der Waals surface area contributed by atoms with E-state index in [9.17, 15) is 18.0 Å². The second-order valence-electron chi connectivity index (χ2n) is 5.76. The number of rotatable bonds is 5. The number of pyridine rings is 2. The van der Waals surface area contributed by atoms with E-state index in [0.717, 1.165) is 11.1 Å². The molecule has 0 aromatic carbocycles. The van der Waals surface area contributed by atoms with E-state index in [-0.39, 0.29) is 24.5 Å². The summed E-state index contributed by atoms with van der Waals surface area (Å²) >= 11 is 0. The van der Waals surface area contributed by atoms with Crippen molar-refractivity contribution in [1.82, 2.24) is 25.4 Å². The van der Waals surface area contributed by atoms with Crippen LogP contribution in [0.15, 0.2) is 41.3 Å². The fourth-order valence-electron chi connectivity index (χ4n) is 2.18. The van der Waals surface area contributed by atoms with Gasteiger partial charge in [0.2, 0.25) is 5.82 Å². The normalized spacial score (nSPS) is 11.3. The van der Waals surface area contributed by atoms with Gasteiger partial charge in [-0.1, -0.05) is 5.16 Å². The van der Waals surface area contributed by atoms with E-state index in [1.54, 1.807) is 12.4 Å². The molecule has 0 aliphatic carbocycles. The Labute approximate surface area is 156 Å². The standard InChI is InChI=1S/C17H14F3N5O3/c1-10-4-11(6-21-5-10)9-27-16(26)23-8-13-3-2-12(7-22-13)14-24-15(28-25-14)17(18,19)20/h2-7H,8-9H2,1H3,(H,23,26). The number of aryl methyl sites for hydroxylation is 1. The Balaban J connectivity index is 1.51. The minimum atomic E-state index is -4.71. The van der Waals surface area contributed by atoms with Crippen LogP contribution in [0.25, 0.3) is 11.4 Å². The largest absolute Gasteiger partial charge is 0.471 e. The SMILES string of the molecule is Cc1cncc(COC(=O)NCc2ccc(-c3noc(C(F)(F)F)n3)cn2)c1. The fourth-order valence-corrected chi connectivity index (χ4v) is 2.18. The van der Waals surface area contributed by atoms with Crippen molar-refractivity contribution in [3.05, 3.63) is 59.5 Å². The lowest BCUT2D eigenvalue weighted by atomic mass is 10.2. The number of hydrogen-bond donors (Lipinski definition) is 1. The van der Waals surface area contributed by atoms with E-state index in [4.69, 9.17) is 4.74 Å². The molecule has 0 saturated carbocycles. The van der Waals surface area contributed by atoms with Crippen LogP contribution in [0.3, 0.4) is 0 Å². The van der Waals surface area contributed by atoms with Crippen molar-refractivity contribution >= 4 is 6.09 Å². The van der Waals surface area contributed by atoms with Crippen LogP contribution in [-0.2, 0) is 24.1 Å². The van der Waals surface area contributed by atoms with Gasteiger partial charge in [0.15, 0.2) is 0 Å². The first kappa shape index (κ1) is 19.3. The van der Waals surface area contributed by atoms with Gasteiger partial charge < -0.3 is 14.6 Å². The van der Waals surface area contributed by atoms with Crippen LogP contribution in [0.1, 0.15) is 22.7 Å². The molecule has 146 valence electrons. The van der Waals surface area contributed by atoms with Gasteiger partial charge in [-0.05, 0) is 30.7 Å². The Kier molecular flexibility index (Phi) is 5.52. The van der Waals surface area contributed by atoms with Crippen LogP contribution in [0.4, 0.5) is 18.0 Å². The average molecular weight is 393 g/mol. The van der Waals surface area contributed by atoms with Crippen LogP contribution >= 0.6 is 0 Å². The minimum Gasteiger partial charge on any atom is -0.445 e. The highest BCUT2D eigenvalue weighted by Crippen LogP contribution is 2.29. The number of nitrogens with zero attached hydrogens (tertiary/aromatic N) is 4. The van der Waals surface area contributed by atoms with Crippen LogP contribution in [0.2, 0.25) is 0 Å². The summed E-state index contributed by atoms with van der Waals surface area (Å²) in [6.45, 7) is 2.03. The van der Waals surface area contributed by atoms with Crippen molar-refractivity contribution in [3.8, 4) is 11.4 Å². The van der Waals surface area contributed by atoms with Crippen LogP contribution in [0.5, 0.6) is 0 Å². The maximum Gasteiger partial charge on any atom is 0.471 e. The first-order valence-corrected chi connectivity index (χ1v) is 7.98. The topological polar surface area (TPSA) is 103 Å². The molecule has 3 aromatic rings. The third-order valence-electron chi connectivity index (χ3n) is 3.47. The number of ether oxygens (including phenoxy) is 1. The number of carbonyl (C=O) groups is 1. The van der Waals surface area contributed by atoms with Gasteiger partial charge in [0.1, 0.15) is 6.61 Å². The molecule has 3 aromatic heterocycles. The highest BCUT2D eigenvalue weighted by Gasteiger charge is 2.38. The van der Waals surface area contributed by atoms with Crippen molar-refractivity contribution in [2.24, 2.45) is 0 Å². The molecule has 1 amide bonds. The molecule has 3 rings (SSSR count). The van der Waals surface area contributed by atoms with Crippen molar-refractivity contribution < 1.29 is 27.2 Å². The fraction of sp³-hybridized carbons (Fsp3) is 0.235. The summed E-state index contributed by atoms with van der Waals surface area (Å²) in [5.74, 6) is -1.66. The van der Waals surface area contributed by atoms with Gasteiger partial charge in [0.05, 0.1) is 12.2 Å². The molecule has 0 fully saturated rings. The minimum absolute atomic E-state index is 0.0746. The van der Waals surface area contributed by atoms with Crippen molar-refractivity contribution in [2.75, 3.05) is 0 Å². The van der Waals surface area contributed by atoms with Gasteiger partial charge in [-0.3, -0.25) is 9.97 Å². The molecule has 3 heterocycles. The monoisotopic (exact) mass is 393 g/mol. The maximum atomic E-state index is 12.5. The molecule has 0 atom stereocenters. The summed E-state index contributed by atoms with van der Waals surface area (Å²) in [5, 5.41) is 5.80. The summed E-state index contributed by atoms with van der Waals surface area (Å²) in [4.78, 5) is 23.1. The zero-order chi connectivity index (χ0) is 20.1. The predicted octanol–water partition coefficient (Wildman–Crippen LogP) is 3.28. The molecule has 0 aliphatic heterocycles. The number of hydrogen-bond acceptors (Lipinski definition) is 7. The summed E-state index contributed by atoms with van der Waals surface area (Å²) in [5.41, 5.74) is 2.43. The van der Waals surface area contributed by atoms with Crippen molar-refractivity contribution in [3.63, 3.8) is 0 Å². The molecular weight excluding hydrogens is 379 g/mol. The number of aromatic nitrogens is 4. The van der Waals surface area contributed by atoms with E-state index in [2.05, 4.69) is 29.9 Å². The molecule has 0 saturated heterocycles. The molecule has 1 N–H and O–H groups in total. The van der Waals surface area contributed by atoms with E-state index >= 15 is 0 Å². The lowest BCUT2D eigenvalue weighted by Gasteiger charge is -2.07. The highest BCUT2D eigenvalue weighted by molar-refractivity contribution is 5.67. The highest BCUT2D eigenvalue weighted by atomic mass is 19.4. The molecule has 0 bridgehead atoms. The number of alkyl carbamates (subject to hydrolysis) is 1. The first-order chi connectivity index (χ1) is 13.3. The molecule has 0 aliphatic rings. The number of halogens is 3. The van der Waals surface area contributed by atoms with Crippen LogP contribution < -0.4 is 5.32 Å². The number of carbonyl (C=O) groups excluding carboxylic acids is 1. The van der Waals surface area contributed by atoms with E-state index in [1.165, 1.54) is 18.3 Å². The summed E-state index contributed by atoms with van der Waals surface area (Å²) in [6, 6.07) is 4.84. The summed E-state index contributed by atoms with van der Waals surface area (Å²) in [6.07, 6.45) is -0.774. The summed E-state index contributed by atoms with van der Waals surface area (Å²) in [7, 11) is 0. The Morgan fingerprint density at radius 1 is 1.25 bits per heavy atom. The quantitative estimate of drug-likeness (QED) is 0.709. The molecule has 0 spiro atoms.